The van der Waals surface area contributed by atoms with Gasteiger partial charge >= 0.3 is 0 Å². The van der Waals surface area contributed by atoms with Gasteiger partial charge in [-0.2, -0.15) is 0 Å². The molecule has 96 valence electrons. The Morgan fingerprint density at radius 3 is 2.47 bits per heavy atom. The van der Waals surface area contributed by atoms with Crippen LogP contribution in [0.1, 0.15) is 28.4 Å². The fraction of sp³-hybridized carbons (Fsp3) is 0.188. The highest BCUT2D eigenvalue weighted by Gasteiger charge is 2.34. The number of amides is 1. The molecule has 1 amide bonds. The first-order chi connectivity index (χ1) is 9.08. The van der Waals surface area contributed by atoms with E-state index in [9.17, 15) is 4.79 Å². The summed E-state index contributed by atoms with van der Waals surface area (Å²) < 4.78 is 0. The van der Waals surface area contributed by atoms with Crippen molar-refractivity contribution in [3.63, 3.8) is 0 Å². The second-order valence-corrected chi connectivity index (χ2v) is 5.12. The Bertz CT molecular complexity index is 636. The van der Waals surface area contributed by atoms with Gasteiger partial charge in [0.05, 0.1) is 5.56 Å². The molecular weight excluding hydrogens is 236 g/mol. The first-order valence-corrected chi connectivity index (χ1v) is 6.35. The topological polar surface area (TPSA) is 41.1 Å². The van der Waals surface area contributed by atoms with Gasteiger partial charge in [-0.1, -0.05) is 36.4 Å². The third-order valence-corrected chi connectivity index (χ3v) is 3.52. The zero-order chi connectivity index (χ0) is 13.5. The van der Waals surface area contributed by atoms with Crippen molar-refractivity contribution in [2.75, 3.05) is 5.32 Å². The Balaban J connectivity index is 2.07. The lowest BCUT2D eigenvalue weighted by molar-refractivity contribution is 0.0906. The fourth-order valence-electron chi connectivity index (χ4n) is 2.47. The summed E-state index contributed by atoms with van der Waals surface area (Å²) in [5.41, 5.74) is 3.18. The van der Waals surface area contributed by atoms with E-state index in [-0.39, 0.29) is 5.91 Å². The van der Waals surface area contributed by atoms with E-state index in [1.165, 1.54) is 0 Å². The molecular formula is C16H16N2O. The summed E-state index contributed by atoms with van der Waals surface area (Å²) in [5, 5.41) is 6.46. The molecule has 3 nitrogen and oxygen atoms in total. The van der Waals surface area contributed by atoms with Crippen LogP contribution >= 0.6 is 0 Å². The maximum Gasteiger partial charge on any atom is 0.255 e. The van der Waals surface area contributed by atoms with Crippen LogP contribution in [0.15, 0.2) is 48.5 Å². The number of hydrogen-bond donors (Lipinski definition) is 2. The summed E-state index contributed by atoms with van der Waals surface area (Å²) in [6, 6.07) is 15.7. The molecule has 0 aliphatic carbocycles. The standard InChI is InChI=1S/C16H16N2O/c1-11-8-9-13-14(10-11)17-16(2,18-15(13)19)12-6-4-3-5-7-12/h3-10,17H,1-2H3,(H,18,19). The van der Waals surface area contributed by atoms with Gasteiger partial charge in [-0.05, 0) is 37.1 Å². The molecule has 0 saturated carbocycles. The van der Waals surface area contributed by atoms with E-state index in [1.807, 2.05) is 62.4 Å². The first-order valence-electron chi connectivity index (χ1n) is 6.35. The molecule has 2 aromatic rings. The highest BCUT2D eigenvalue weighted by Crippen LogP contribution is 2.31. The Labute approximate surface area is 112 Å². The lowest BCUT2D eigenvalue weighted by atomic mass is 9.95. The summed E-state index contributed by atoms with van der Waals surface area (Å²) in [7, 11) is 0. The van der Waals surface area contributed by atoms with Crippen LogP contribution in [0, 0.1) is 6.92 Å². The third kappa shape index (κ3) is 1.97. The van der Waals surface area contributed by atoms with Gasteiger partial charge in [0, 0.05) is 5.69 Å². The van der Waals surface area contributed by atoms with Crippen LogP contribution in [0.25, 0.3) is 0 Å². The lowest BCUT2D eigenvalue weighted by Crippen LogP contribution is -2.52. The van der Waals surface area contributed by atoms with Crippen LogP contribution < -0.4 is 10.6 Å². The van der Waals surface area contributed by atoms with E-state index >= 15 is 0 Å². The van der Waals surface area contributed by atoms with Crippen molar-refractivity contribution in [2.24, 2.45) is 0 Å². The number of nitrogens with one attached hydrogen (secondary N) is 2. The summed E-state index contributed by atoms with van der Waals surface area (Å²) in [4.78, 5) is 12.2. The van der Waals surface area contributed by atoms with Gasteiger partial charge in [0.25, 0.3) is 5.91 Å². The van der Waals surface area contributed by atoms with Gasteiger partial charge < -0.3 is 10.6 Å². The van der Waals surface area contributed by atoms with Crippen molar-refractivity contribution in [1.29, 1.82) is 0 Å². The molecule has 2 aromatic carbocycles. The largest absolute Gasteiger partial charge is 0.359 e. The molecule has 1 heterocycles. The van der Waals surface area contributed by atoms with E-state index in [0.29, 0.717) is 5.56 Å². The van der Waals surface area contributed by atoms with Crippen LogP contribution in [0.5, 0.6) is 0 Å². The van der Waals surface area contributed by atoms with Crippen molar-refractivity contribution in [3.05, 3.63) is 65.2 Å². The number of carbonyl (C=O) groups is 1. The Hall–Kier alpha value is -2.29. The van der Waals surface area contributed by atoms with E-state index in [0.717, 1.165) is 16.8 Å². The van der Waals surface area contributed by atoms with Crippen molar-refractivity contribution in [1.82, 2.24) is 5.32 Å². The van der Waals surface area contributed by atoms with Crippen LogP contribution in [-0.4, -0.2) is 5.91 Å². The molecule has 2 N–H and O–H groups in total. The normalized spacial score (nSPS) is 21.3. The molecule has 0 radical (unpaired) electrons. The quantitative estimate of drug-likeness (QED) is 0.819. The molecule has 0 aromatic heterocycles. The number of hydrogen-bond acceptors (Lipinski definition) is 2. The van der Waals surface area contributed by atoms with E-state index in [2.05, 4.69) is 10.6 Å². The Morgan fingerprint density at radius 2 is 1.74 bits per heavy atom. The zero-order valence-corrected chi connectivity index (χ0v) is 11.0. The SMILES string of the molecule is Cc1ccc2c(c1)NC(C)(c1ccccc1)NC2=O. The number of aryl methyl sites for hydroxylation is 1. The van der Waals surface area contributed by atoms with Crippen molar-refractivity contribution >= 4 is 11.6 Å². The molecule has 19 heavy (non-hydrogen) atoms. The number of fused-ring (bicyclic) bond motifs is 1. The zero-order valence-electron chi connectivity index (χ0n) is 11.0. The molecule has 0 saturated heterocycles. The van der Waals surface area contributed by atoms with Gasteiger partial charge in [0.1, 0.15) is 5.66 Å². The second-order valence-electron chi connectivity index (χ2n) is 5.12. The molecule has 3 rings (SSSR count). The molecule has 1 aliphatic heterocycles. The molecule has 0 bridgehead atoms. The molecule has 0 fully saturated rings. The van der Waals surface area contributed by atoms with Crippen molar-refractivity contribution in [3.8, 4) is 0 Å². The third-order valence-electron chi connectivity index (χ3n) is 3.52. The predicted molar refractivity (Wildman–Crippen MR) is 76.1 cm³/mol. The Morgan fingerprint density at radius 1 is 1.00 bits per heavy atom. The van der Waals surface area contributed by atoms with Crippen LogP contribution in [-0.2, 0) is 5.66 Å². The minimum absolute atomic E-state index is 0.0416. The maximum atomic E-state index is 12.2. The summed E-state index contributed by atoms with van der Waals surface area (Å²) in [5.74, 6) is -0.0416. The van der Waals surface area contributed by atoms with Crippen molar-refractivity contribution < 1.29 is 4.79 Å². The Kier molecular flexibility index (Phi) is 2.56. The minimum Gasteiger partial charge on any atom is -0.359 e. The van der Waals surface area contributed by atoms with E-state index in [1.54, 1.807) is 0 Å². The van der Waals surface area contributed by atoms with Crippen molar-refractivity contribution in [2.45, 2.75) is 19.5 Å². The van der Waals surface area contributed by atoms with Crippen LogP contribution in [0.3, 0.4) is 0 Å². The lowest BCUT2D eigenvalue weighted by Gasteiger charge is -2.38. The number of carbonyl (C=O) groups excluding carboxylic acids is 1. The smallest absolute Gasteiger partial charge is 0.255 e. The van der Waals surface area contributed by atoms with Gasteiger partial charge in [0.15, 0.2) is 0 Å². The summed E-state index contributed by atoms with van der Waals surface area (Å²) in [6.07, 6.45) is 0. The monoisotopic (exact) mass is 252 g/mol. The number of anilines is 1. The van der Waals surface area contributed by atoms with Gasteiger partial charge in [0.2, 0.25) is 0 Å². The highest BCUT2D eigenvalue weighted by molar-refractivity contribution is 6.02. The van der Waals surface area contributed by atoms with Gasteiger partial charge in [-0.15, -0.1) is 0 Å². The first kappa shape index (κ1) is 11.8. The van der Waals surface area contributed by atoms with Crippen LogP contribution in [0.2, 0.25) is 0 Å². The van der Waals surface area contributed by atoms with E-state index in [4.69, 9.17) is 0 Å². The summed E-state index contributed by atoms with van der Waals surface area (Å²) in [6.45, 7) is 4.00. The highest BCUT2D eigenvalue weighted by atomic mass is 16.2. The number of rotatable bonds is 1. The number of benzene rings is 2. The second kappa shape index (κ2) is 4.12. The maximum absolute atomic E-state index is 12.2. The fourth-order valence-corrected chi connectivity index (χ4v) is 2.47. The molecule has 1 aliphatic rings. The van der Waals surface area contributed by atoms with Gasteiger partial charge in [-0.25, -0.2) is 0 Å². The average Bonchev–Trinajstić information content (AvgIpc) is 2.39. The predicted octanol–water partition coefficient (Wildman–Crippen LogP) is 3.02. The van der Waals surface area contributed by atoms with Gasteiger partial charge in [-0.3, -0.25) is 4.79 Å². The molecule has 1 unspecified atom stereocenters. The molecule has 0 spiro atoms. The molecule has 3 heteroatoms. The minimum atomic E-state index is -0.570. The molecule has 1 atom stereocenters. The van der Waals surface area contributed by atoms with Crippen LogP contribution in [0.4, 0.5) is 5.69 Å². The van der Waals surface area contributed by atoms with E-state index < -0.39 is 5.66 Å². The summed E-state index contributed by atoms with van der Waals surface area (Å²) >= 11 is 0. The average molecular weight is 252 g/mol.